The predicted molar refractivity (Wildman–Crippen MR) is 136 cm³/mol. The standard InChI is InChI=1S/C28H30N4O5/c1-31-13-10-20(11-14-31)24(33)19-5-3-18(4-6-19)9-12-28(26(35)29-27(36)30-28)17-32-16-21-7-8-22(37-2)15-23(21)25(32)34/h3-8,15,20,24,33H,10-11,13-14,16-17H2,1-2H3,(H2,29,30,35,36)/t24?,28-/m0/s1. The van der Waals surface area contributed by atoms with Crippen LogP contribution in [0.25, 0.3) is 0 Å². The Bertz CT molecular complexity index is 1290. The molecule has 3 aliphatic rings. The fourth-order valence-electron chi connectivity index (χ4n) is 5.17. The van der Waals surface area contributed by atoms with Gasteiger partial charge in [0.05, 0.1) is 19.8 Å². The van der Waals surface area contributed by atoms with Crippen LogP contribution in [0.15, 0.2) is 42.5 Å². The molecule has 2 atom stereocenters. The number of imide groups is 1. The third-order valence-electron chi connectivity index (χ3n) is 7.45. The zero-order valence-electron chi connectivity index (χ0n) is 20.9. The third-order valence-corrected chi connectivity index (χ3v) is 7.45. The van der Waals surface area contributed by atoms with Crippen LogP contribution in [0, 0.1) is 17.8 Å². The number of urea groups is 1. The smallest absolute Gasteiger partial charge is 0.323 e. The number of hydrogen-bond donors (Lipinski definition) is 3. The molecule has 9 heteroatoms. The zero-order chi connectivity index (χ0) is 26.2. The molecular formula is C28H30N4O5. The van der Waals surface area contributed by atoms with Crippen molar-refractivity contribution < 1.29 is 24.2 Å². The number of piperidine rings is 1. The van der Waals surface area contributed by atoms with Crippen molar-refractivity contribution in [1.29, 1.82) is 0 Å². The summed E-state index contributed by atoms with van der Waals surface area (Å²) in [5, 5.41) is 15.7. The minimum Gasteiger partial charge on any atom is -0.497 e. The van der Waals surface area contributed by atoms with Crippen molar-refractivity contribution in [3.63, 3.8) is 0 Å². The van der Waals surface area contributed by atoms with Crippen molar-refractivity contribution in [2.45, 2.75) is 31.0 Å². The van der Waals surface area contributed by atoms with Crippen molar-refractivity contribution in [1.82, 2.24) is 20.4 Å². The Labute approximate surface area is 215 Å². The topological polar surface area (TPSA) is 111 Å². The predicted octanol–water partition coefficient (Wildman–Crippen LogP) is 1.66. The summed E-state index contributed by atoms with van der Waals surface area (Å²) in [5.41, 5.74) is 1.21. The lowest BCUT2D eigenvalue weighted by Crippen LogP contribution is -2.54. The first kappa shape index (κ1) is 24.8. The van der Waals surface area contributed by atoms with E-state index in [0.717, 1.165) is 37.1 Å². The third kappa shape index (κ3) is 4.90. The number of carbonyl (C=O) groups is 3. The highest BCUT2D eigenvalue weighted by atomic mass is 16.5. The van der Waals surface area contributed by atoms with Gasteiger partial charge >= 0.3 is 6.03 Å². The summed E-state index contributed by atoms with van der Waals surface area (Å²) in [6.07, 6.45) is 1.36. The van der Waals surface area contributed by atoms with Crippen LogP contribution in [0.3, 0.4) is 0 Å². The Kier molecular flexibility index (Phi) is 6.63. The van der Waals surface area contributed by atoms with Gasteiger partial charge in [-0.05, 0) is 74.3 Å². The molecule has 3 aliphatic heterocycles. The number of nitrogens with zero attached hydrogens (tertiary/aromatic N) is 2. The maximum Gasteiger partial charge on any atom is 0.323 e. The number of ether oxygens (including phenoxy) is 1. The Hall–Kier alpha value is -3.87. The first-order valence-electron chi connectivity index (χ1n) is 12.4. The number of methoxy groups -OCH3 is 1. The van der Waals surface area contributed by atoms with Crippen molar-refractivity contribution >= 4 is 17.8 Å². The second-order valence-electron chi connectivity index (χ2n) is 9.96. The van der Waals surface area contributed by atoms with Crippen molar-refractivity contribution in [2.75, 3.05) is 33.8 Å². The Morgan fingerprint density at radius 2 is 1.86 bits per heavy atom. The fourth-order valence-corrected chi connectivity index (χ4v) is 5.17. The molecule has 5 rings (SSSR count). The molecule has 3 N–H and O–H groups in total. The summed E-state index contributed by atoms with van der Waals surface area (Å²) in [7, 11) is 3.62. The molecule has 2 aromatic rings. The van der Waals surface area contributed by atoms with Crippen molar-refractivity contribution in [3.8, 4) is 17.6 Å². The molecule has 0 spiro atoms. The Morgan fingerprint density at radius 3 is 2.51 bits per heavy atom. The molecular weight excluding hydrogens is 472 g/mol. The van der Waals surface area contributed by atoms with E-state index in [1.807, 2.05) is 18.2 Å². The number of likely N-dealkylation sites (tertiary alicyclic amines) is 1. The number of benzene rings is 2. The lowest BCUT2D eigenvalue weighted by atomic mass is 9.87. The summed E-state index contributed by atoms with van der Waals surface area (Å²) < 4.78 is 5.22. The van der Waals surface area contributed by atoms with Gasteiger partial charge in [0.1, 0.15) is 5.75 Å². The van der Waals surface area contributed by atoms with E-state index in [-0.39, 0.29) is 18.4 Å². The minimum atomic E-state index is -1.58. The number of amides is 4. The molecule has 0 radical (unpaired) electrons. The number of fused-ring (bicyclic) bond motifs is 1. The number of rotatable bonds is 5. The van der Waals surface area contributed by atoms with Crippen LogP contribution in [-0.4, -0.2) is 72.1 Å². The van der Waals surface area contributed by atoms with Crippen LogP contribution in [-0.2, 0) is 11.3 Å². The van der Waals surface area contributed by atoms with Crippen LogP contribution in [0.2, 0.25) is 0 Å². The molecule has 37 heavy (non-hydrogen) atoms. The molecule has 0 saturated carbocycles. The molecule has 2 fully saturated rings. The molecule has 0 bridgehead atoms. The molecule has 0 aliphatic carbocycles. The van der Waals surface area contributed by atoms with Gasteiger partial charge in [0, 0.05) is 17.7 Å². The van der Waals surface area contributed by atoms with E-state index in [1.54, 1.807) is 24.3 Å². The van der Waals surface area contributed by atoms with Crippen molar-refractivity contribution in [3.05, 3.63) is 64.7 Å². The monoisotopic (exact) mass is 502 g/mol. The van der Waals surface area contributed by atoms with Gasteiger partial charge < -0.3 is 25.0 Å². The van der Waals surface area contributed by atoms with E-state index in [1.165, 1.54) is 12.0 Å². The van der Waals surface area contributed by atoms with Crippen molar-refractivity contribution in [2.24, 2.45) is 5.92 Å². The van der Waals surface area contributed by atoms with Gasteiger partial charge in [0.2, 0.25) is 5.54 Å². The fraction of sp³-hybridized carbons (Fsp3) is 0.393. The van der Waals surface area contributed by atoms with Crippen LogP contribution < -0.4 is 15.4 Å². The van der Waals surface area contributed by atoms with Gasteiger partial charge in [-0.3, -0.25) is 14.9 Å². The average Bonchev–Trinajstić information content (AvgIpc) is 3.36. The Morgan fingerprint density at radius 1 is 1.14 bits per heavy atom. The minimum absolute atomic E-state index is 0.0969. The van der Waals surface area contributed by atoms with Gasteiger partial charge in [-0.25, -0.2) is 4.79 Å². The van der Waals surface area contributed by atoms with Gasteiger partial charge in [-0.2, -0.15) is 0 Å². The normalized spacial score (nSPS) is 22.7. The van der Waals surface area contributed by atoms with Crippen LogP contribution >= 0.6 is 0 Å². The second kappa shape index (κ2) is 9.88. The molecule has 2 saturated heterocycles. The number of nitrogens with one attached hydrogen (secondary N) is 2. The number of hydrogen-bond acceptors (Lipinski definition) is 6. The summed E-state index contributed by atoms with van der Waals surface area (Å²) in [6, 6.07) is 11.9. The molecule has 1 unspecified atom stereocenters. The van der Waals surface area contributed by atoms with Crippen LogP contribution in [0.5, 0.6) is 5.75 Å². The summed E-state index contributed by atoms with van der Waals surface area (Å²) in [4.78, 5) is 41.7. The van der Waals surface area contributed by atoms with Crippen LogP contribution in [0.4, 0.5) is 4.79 Å². The largest absolute Gasteiger partial charge is 0.497 e. The number of aliphatic hydroxyl groups excluding tert-OH is 1. The van der Waals surface area contributed by atoms with E-state index in [9.17, 15) is 19.5 Å². The first-order valence-corrected chi connectivity index (χ1v) is 12.4. The van der Waals surface area contributed by atoms with E-state index in [2.05, 4.69) is 34.4 Å². The summed E-state index contributed by atoms with van der Waals surface area (Å²) >= 11 is 0. The van der Waals surface area contributed by atoms with Crippen LogP contribution in [0.1, 0.15) is 46.0 Å². The van der Waals surface area contributed by atoms with E-state index in [0.29, 0.717) is 23.4 Å². The molecule has 4 amide bonds. The lowest BCUT2D eigenvalue weighted by Gasteiger charge is -2.32. The van der Waals surface area contributed by atoms with E-state index >= 15 is 0 Å². The quantitative estimate of drug-likeness (QED) is 0.424. The molecule has 0 aromatic heterocycles. The average molecular weight is 503 g/mol. The molecule has 9 nitrogen and oxygen atoms in total. The SMILES string of the molecule is COc1ccc2c(c1)C(=O)N(C[C@]1(C#Cc3ccc(C(O)C4CCN(C)CC4)cc3)NC(=O)NC1=O)C2. The maximum absolute atomic E-state index is 13.1. The molecule has 3 heterocycles. The van der Waals surface area contributed by atoms with Gasteiger partial charge in [0.25, 0.3) is 11.8 Å². The van der Waals surface area contributed by atoms with E-state index in [4.69, 9.17) is 4.74 Å². The van der Waals surface area contributed by atoms with Gasteiger partial charge in [-0.1, -0.05) is 30.0 Å². The second-order valence-corrected chi connectivity index (χ2v) is 9.96. The number of carbonyl (C=O) groups excluding carboxylic acids is 3. The Balaban J connectivity index is 1.34. The summed E-state index contributed by atoms with van der Waals surface area (Å²) in [6.45, 7) is 2.15. The first-order chi connectivity index (χ1) is 17.8. The number of aliphatic hydroxyl groups is 1. The highest BCUT2D eigenvalue weighted by Gasteiger charge is 2.48. The zero-order valence-corrected chi connectivity index (χ0v) is 20.9. The lowest BCUT2D eigenvalue weighted by molar-refractivity contribution is -0.122. The molecule has 192 valence electrons. The summed E-state index contributed by atoms with van der Waals surface area (Å²) in [5.74, 6) is 5.85. The highest BCUT2D eigenvalue weighted by Crippen LogP contribution is 2.31. The van der Waals surface area contributed by atoms with E-state index < -0.39 is 23.6 Å². The van der Waals surface area contributed by atoms with Gasteiger partial charge in [-0.15, -0.1) is 0 Å². The highest BCUT2D eigenvalue weighted by molar-refractivity contribution is 6.10. The molecule has 2 aromatic carbocycles. The maximum atomic E-state index is 13.1. The van der Waals surface area contributed by atoms with Gasteiger partial charge in [0.15, 0.2) is 0 Å².